The van der Waals surface area contributed by atoms with Crippen molar-refractivity contribution in [3.05, 3.63) is 57.6 Å². The van der Waals surface area contributed by atoms with Gasteiger partial charge in [-0.3, -0.25) is 9.59 Å². The maximum atomic E-state index is 13.4. The second kappa shape index (κ2) is 10.7. The molecule has 1 aliphatic rings. The molecule has 0 bridgehead atoms. The number of carbonyl (C=O) groups excluding carboxylic acids is 2. The zero-order chi connectivity index (χ0) is 24.2. The number of fused-ring (bicyclic) bond motifs is 1. The van der Waals surface area contributed by atoms with Gasteiger partial charge in [0.2, 0.25) is 18.6 Å². The van der Waals surface area contributed by atoms with Crippen LogP contribution in [0, 0.1) is 0 Å². The summed E-state index contributed by atoms with van der Waals surface area (Å²) >= 11 is 12.4. The largest absolute Gasteiger partial charge is 0.454 e. The van der Waals surface area contributed by atoms with Crippen molar-refractivity contribution < 1.29 is 19.1 Å². The summed E-state index contributed by atoms with van der Waals surface area (Å²) in [6.07, 6.45) is 1.23. The summed E-state index contributed by atoms with van der Waals surface area (Å²) in [5, 5.41) is 3.98. The van der Waals surface area contributed by atoms with Crippen LogP contribution < -0.4 is 14.8 Å². The fourth-order valence-corrected chi connectivity index (χ4v) is 4.17. The van der Waals surface area contributed by atoms with Crippen molar-refractivity contribution in [1.29, 1.82) is 0 Å². The van der Waals surface area contributed by atoms with Gasteiger partial charge in [0.1, 0.15) is 6.04 Å². The number of amides is 2. The van der Waals surface area contributed by atoms with E-state index in [1.165, 1.54) is 0 Å². The number of rotatable bonds is 8. The highest BCUT2D eigenvalue weighted by atomic mass is 35.5. The summed E-state index contributed by atoms with van der Waals surface area (Å²) < 4.78 is 10.8. The van der Waals surface area contributed by atoms with Crippen molar-refractivity contribution in [2.45, 2.75) is 65.1 Å². The van der Waals surface area contributed by atoms with Crippen molar-refractivity contribution >= 4 is 35.0 Å². The van der Waals surface area contributed by atoms with Gasteiger partial charge >= 0.3 is 0 Å². The molecule has 178 valence electrons. The molecule has 0 radical (unpaired) electrons. The van der Waals surface area contributed by atoms with Gasteiger partial charge in [0, 0.05) is 28.5 Å². The maximum Gasteiger partial charge on any atom is 0.243 e. The van der Waals surface area contributed by atoms with Gasteiger partial charge in [0.25, 0.3) is 0 Å². The molecule has 0 fully saturated rings. The quantitative estimate of drug-likeness (QED) is 0.537. The zero-order valence-corrected chi connectivity index (χ0v) is 20.9. The predicted octanol–water partition coefficient (Wildman–Crippen LogP) is 5.38. The van der Waals surface area contributed by atoms with E-state index in [2.05, 4.69) is 5.32 Å². The minimum absolute atomic E-state index is 0.130. The van der Waals surface area contributed by atoms with Crippen LogP contribution in [0.3, 0.4) is 0 Å². The first-order valence-corrected chi connectivity index (χ1v) is 11.8. The number of carbonyl (C=O) groups is 2. The summed E-state index contributed by atoms with van der Waals surface area (Å²) in [6, 6.07) is 10.2. The van der Waals surface area contributed by atoms with Crippen molar-refractivity contribution in [3.63, 3.8) is 0 Å². The van der Waals surface area contributed by atoms with Crippen LogP contribution in [-0.4, -0.2) is 35.1 Å². The average molecular weight is 493 g/mol. The first-order chi connectivity index (χ1) is 15.6. The molecule has 2 amide bonds. The standard InChI is InChI=1S/C25H30Cl2N2O4/c1-5-20(24(31)28-25(2,3)4)29(14-17-8-9-18(26)13-19(17)27)23(30)11-7-16-6-10-21-22(12-16)33-15-32-21/h6,8-10,12-13,20H,5,7,11,14-15H2,1-4H3,(H,28,31)/t20-/m1/s1. The van der Waals surface area contributed by atoms with Crippen molar-refractivity contribution in [1.82, 2.24) is 10.2 Å². The lowest BCUT2D eigenvalue weighted by atomic mass is 10.0. The Labute approximate surface area is 205 Å². The van der Waals surface area contributed by atoms with Crippen molar-refractivity contribution in [2.75, 3.05) is 6.79 Å². The van der Waals surface area contributed by atoms with Crippen LogP contribution in [0.5, 0.6) is 11.5 Å². The van der Waals surface area contributed by atoms with Crippen LogP contribution in [0.2, 0.25) is 10.0 Å². The van der Waals surface area contributed by atoms with E-state index < -0.39 is 11.6 Å². The minimum Gasteiger partial charge on any atom is -0.454 e. The maximum absolute atomic E-state index is 13.4. The van der Waals surface area contributed by atoms with Crippen LogP contribution in [0.4, 0.5) is 0 Å². The summed E-state index contributed by atoms with van der Waals surface area (Å²) in [5.74, 6) is 1.07. The molecule has 0 unspecified atom stereocenters. The second-order valence-electron chi connectivity index (χ2n) is 9.11. The van der Waals surface area contributed by atoms with Crippen molar-refractivity contribution in [3.8, 4) is 11.5 Å². The highest BCUT2D eigenvalue weighted by Crippen LogP contribution is 2.33. The fourth-order valence-electron chi connectivity index (χ4n) is 3.70. The van der Waals surface area contributed by atoms with Crippen LogP contribution >= 0.6 is 23.2 Å². The van der Waals surface area contributed by atoms with Gasteiger partial charge in [-0.15, -0.1) is 0 Å². The smallest absolute Gasteiger partial charge is 0.243 e. The summed E-state index contributed by atoms with van der Waals surface area (Å²) in [4.78, 5) is 28.1. The molecule has 33 heavy (non-hydrogen) atoms. The first-order valence-electron chi connectivity index (χ1n) is 11.0. The number of ether oxygens (including phenoxy) is 2. The van der Waals surface area contributed by atoms with E-state index in [9.17, 15) is 9.59 Å². The number of nitrogens with one attached hydrogen (secondary N) is 1. The molecule has 1 atom stereocenters. The van der Waals surface area contributed by atoms with Gasteiger partial charge in [-0.25, -0.2) is 0 Å². The van der Waals surface area contributed by atoms with Gasteiger partial charge in [-0.2, -0.15) is 0 Å². The van der Waals surface area contributed by atoms with E-state index in [4.69, 9.17) is 32.7 Å². The van der Waals surface area contributed by atoms with Gasteiger partial charge in [0.15, 0.2) is 11.5 Å². The van der Waals surface area contributed by atoms with Crippen LogP contribution in [0.1, 0.15) is 51.7 Å². The van der Waals surface area contributed by atoms with Gasteiger partial charge in [-0.1, -0.05) is 42.3 Å². The number of aryl methyl sites for hydroxylation is 1. The third-order valence-electron chi connectivity index (χ3n) is 5.30. The van der Waals surface area contributed by atoms with E-state index in [0.29, 0.717) is 34.4 Å². The number of hydrogen-bond donors (Lipinski definition) is 1. The third-order valence-corrected chi connectivity index (χ3v) is 5.89. The Balaban J connectivity index is 1.81. The number of halogens is 2. The molecule has 0 aliphatic carbocycles. The molecule has 8 heteroatoms. The lowest BCUT2D eigenvalue weighted by Gasteiger charge is -2.33. The summed E-state index contributed by atoms with van der Waals surface area (Å²) in [7, 11) is 0. The molecule has 2 aromatic rings. The van der Waals surface area contributed by atoms with E-state index in [1.54, 1.807) is 23.1 Å². The lowest BCUT2D eigenvalue weighted by Crippen LogP contribution is -2.53. The average Bonchev–Trinajstić information content (AvgIpc) is 3.20. The summed E-state index contributed by atoms with van der Waals surface area (Å²) in [6.45, 7) is 8.06. The molecular formula is C25H30Cl2N2O4. The monoisotopic (exact) mass is 492 g/mol. The first kappa shape index (κ1) is 25.2. The summed E-state index contributed by atoms with van der Waals surface area (Å²) in [5.41, 5.74) is 1.28. The number of benzene rings is 2. The molecule has 2 aromatic carbocycles. The van der Waals surface area contributed by atoms with E-state index in [1.807, 2.05) is 45.9 Å². The van der Waals surface area contributed by atoms with Crippen LogP contribution in [0.15, 0.2) is 36.4 Å². The Bertz CT molecular complexity index is 1020. The van der Waals surface area contributed by atoms with Crippen molar-refractivity contribution in [2.24, 2.45) is 0 Å². The molecule has 1 heterocycles. The highest BCUT2D eigenvalue weighted by Gasteiger charge is 2.31. The van der Waals surface area contributed by atoms with Gasteiger partial charge in [0.05, 0.1) is 0 Å². The second-order valence-corrected chi connectivity index (χ2v) is 9.95. The molecule has 6 nitrogen and oxygen atoms in total. The topological polar surface area (TPSA) is 67.9 Å². The lowest BCUT2D eigenvalue weighted by molar-refractivity contribution is -0.142. The normalized spacial score (nSPS) is 13.5. The Hall–Kier alpha value is -2.44. The van der Waals surface area contributed by atoms with E-state index in [0.717, 1.165) is 11.1 Å². The SMILES string of the molecule is CC[C@H](C(=O)NC(C)(C)C)N(Cc1ccc(Cl)cc1Cl)C(=O)CCc1ccc2c(c1)OCO2. The molecule has 0 aromatic heterocycles. The number of nitrogens with zero attached hydrogens (tertiary/aromatic N) is 1. The third kappa shape index (κ3) is 6.78. The van der Waals surface area contributed by atoms with E-state index in [-0.39, 0.29) is 31.6 Å². The zero-order valence-electron chi connectivity index (χ0n) is 19.4. The van der Waals surface area contributed by atoms with Gasteiger partial charge in [-0.05, 0) is 69.0 Å². The Morgan fingerprint density at radius 2 is 1.82 bits per heavy atom. The number of hydrogen-bond acceptors (Lipinski definition) is 4. The Morgan fingerprint density at radius 1 is 1.09 bits per heavy atom. The molecule has 0 saturated heterocycles. The van der Waals surface area contributed by atoms with E-state index >= 15 is 0 Å². The minimum atomic E-state index is -0.625. The predicted molar refractivity (Wildman–Crippen MR) is 130 cm³/mol. The fraction of sp³-hybridized carbons (Fsp3) is 0.440. The molecule has 0 saturated carbocycles. The Morgan fingerprint density at radius 3 is 2.48 bits per heavy atom. The molecule has 1 aliphatic heterocycles. The van der Waals surface area contributed by atoms with Gasteiger partial charge < -0.3 is 19.7 Å². The molecule has 1 N–H and O–H groups in total. The van der Waals surface area contributed by atoms with Crippen LogP contribution in [-0.2, 0) is 22.6 Å². The molecular weight excluding hydrogens is 463 g/mol. The molecule has 3 rings (SSSR count). The highest BCUT2D eigenvalue weighted by molar-refractivity contribution is 6.35. The Kier molecular flexibility index (Phi) is 8.14. The molecule has 0 spiro atoms. The van der Waals surface area contributed by atoms with Crippen LogP contribution in [0.25, 0.3) is 0 Å².